The second-order valence-electron chi connectivity index (χ2n) is 14.5. The van der Waals surface area contributed by atoms with Crippen molar-refractivity contribution in [2.45, 2.75) is 130 Å². The fourth-order valence-electron chi connectivity index (χ4n) is 6.68. The van der Waals surface area contributed by atoms with Crippen LogP contribution in [0.4, 0.5) is 4.39 Å². The van der Waals surface area contributed by atoms with E-state index in [0.717, 1.165) is 19.3 Å². The largest absolute Gasteiger partial charge is 0.480 e. The zero-order chi connectivity index (χ0) is 41.5. The van der Waals surface area contributed by atoms with Crippen molar-refractivity contribution in [3.8, 4) is 0 Å². The van der Waals surface area contributed by atoms with Crippen LogP contribution < -0.4 is 16.0 Å². The predicted molar refractivity (Wildman–Crippen MR) is 209 cm³/mol. The Hall–Kier alpha value is -3.62. The number of amides is 4. The van der Waals surface area contributed by atoms with E-state index in [-0.39, 0.29) is 79.0 Å². The van der Waals surface area contributed by atoms with Gasteiger partial charge in [0.25, 0.3) is 0 Å². The lowest BCUT2D eigenvalue weighted by Gasteiger charge is -2.39. The highest BCUT2D eigenvalue weighted by Gasteiger charge is 2.40. The van der Waals surface area contributed by atoms with Gasteiger partial charge < -0.3 is 40.3 Å². The lowest BCUT2D eigenvalue weighted by molar-refractivity contribution is -0.144. The molecule has 1 aliphatic rings. The molecule has 1 aromatic rings. The third-order valence-corrected chi connectivity index (χ3v) is 9.65. The maximum Gasteiger partial charge on any atom is 0.326 e. The first-order valence-corrected chi connectivity index (χ1v) is 19.2. The number of aliphatic carboxylic acids is 1. The van der Waals surface area contributed by atoms with Crippen LogP contribution >= 0.6 is 0 Å². The Morgan fingerprint density at radius 2 is 1.61 bits per heavy atom. The molecule has 0 spiro atoms. The third-order valence-electron chi connectivity index (χ3n) is 9.65. The molecule has 0 bridgehead atoms. The monoisotopic (exact) mass is 768 g/mol. The number of rotatable bonds is 20. The van der Waals surface area contributed by atoms with Gasteiger partial charge in [-0.2, -0.15) is 0 Å². The number of nitrogens with zero attached hydrogens (tertiary/aromatic N) is 2. The number of benzene rings is 1. The molecule has 1 heterocycles. The van der Waals surface area contributed by atoms with Crippen molar-refractivity contribution >= 4 is 30.1 Å². The molecule has 54 heavy (non-hydrogen) atoms. The van der Waals surface area contributed by atoms with Crippen molar-refractivity contribution < 1.29 is 42.9 Å². The molecule has 1 aliphatic heterocycles. The molecular formula is C40H70FN5O8. The number of likely N-dealkylation sites (tertiary alicyclic amines) is 1. The Kier molecular flexibility index (Phi) is 25.2. The maximum absolute atomic E-state index is 13.5. The van der Waals surface area contributed by atoms with Crippen LogP contribution in [0.25, 0.3) is 0 Å². The van der Waals surface area contributed by atoms with Crippen molar-refractivity contribution in [2.24, 2.45) is 17.8 Å². The minimum atomic E-state index is -1.12. The smallest absolute Gasteiger partial charge is 0.326 e. The van der Waals surface area contributed by atoms with E-state index in [0.29, 0.717) is 24.4 Å². The van der Waals surface area contributed by atoms with Gasteiger partial charge in [0.1, 0.15) is 11.9 Å². The highest BCUT2D eigenvalue weighted by molar-refractivity contribution is 5.87. The summed E-state index contributed by atoms with van der Waals surface area (Å²) >= 11 is 0. The summed E-state index contributed by atoms with van der Waals surface area (Å²) in [6.07, 6.45) is 4.14. The Bertz CT molecular complexity index is 1250. The Morgan fingerprint density at radius 1 is 1.02 bits per heavy atom. The van der Waals surface area contributed by atoms with Gasteiger partial charge in [-0.3, -0.25) is 19.2 Å². The Morgan fingerprint density at radius 3 is 2.06 bits per heavy atom. The van der Waals surface area contributed by atoms with E-state index in [1.54, 1.807) is 33.2 Å². The van der Waals surface area contributed by atoms with E-state index in [4.69, 9.17) is 14.6 Å². The molecule has 2 rings (SSSR count). The molecule has 0 aliphatic carbocycles. The standard InChI is InChI=1S/C27H52N4O5.C10H10FNO3.C3H8/c1-11-19(6)25(30(8)23(33)16-29-27(34)24(28-7)17(2)3)21(35-9)15-22(32)31-14-12-13-20(31)26(36-10)18(4)5;11-8-3-1-7(2-4-8)5-9(10(14)15)12-6-13;1-3-2/h17-21,24-26,28H,11-16H2,1-10H3,(H,29,34);1-4,6,9H,5H2,(H,12,13)(H,14,15);3H2,1-2H3. The molecule has 1 saturated heterocycles. The number of halogens is 1. The molecule has 7 atom stereocenters. The first-order valence-electron chi connectivity index (χ1n) is 19.2. The number of likely N-dealkylation sites (N-methyl/N-ethyl adjacent to an activating group) is 2. The van der Waals surface area contributed by atoms with Gasteiger partial charge in [0.05, 0.1) is 43.3 Å². The molecule has 0 aromatic heterocycles. The summed E-state index contributed by atoms with van der Waals surface area (Å²) in [7, 11) is 6.78. The van der Waals surface area contributed by atoms with E-state index < -0.39 is 18.1 Å². The molecule has 7 unspecified atom stereocenters. The zero-order valence-corrected chi connectivity index (χ0v) is 34.8. The molecule has 4 N–H and O–H groups in total. The van der Waals surface area contributed by atoms with Crippen molar-refractivity contribution in [1.82, 2.24) is 25.8 Å². The number of methoxy groups -OCH3 is 2. The minimum Gasteiger partial charge on any atom is -0.480 e. The topological polar surface area (TPSA) is 167 Å². The van der Waals surface area contributed by atoms with Gasteiger partial charge in [-0.15, -0.1) is 0 Å². The summed E-state index contributed by atoms with van der Waals surface area (Å²) in [5, 5.41) is 16.7. The summed E-state index contributed by atoms with van der Waals surface area (Å²) < 4.78 is 24.1. The van der Waals surface area contributed by atoms with Crippen molar-refractivity contribution in [3.63, 3.8) is 0 Å². The van der Waals surface area contributed by atoms with Crippen LogP contribution in [0.15, 0.2) is 24.3 Å². The van der Waals surface area contributed by atoms with Crippen LogP contribution in [0.1, 0.15) is 93.1 Å². The second-order valence-corrected chi connectivity index (χ2v) is 14.5. The summed E-state index contributed by atoms with van der Waals surface area (Å²) in [5.74, 6) is -1.38. The summed E-state index contributed by atoms with van der Waals surface area (Å²) in [6.45, 7) is 17.1. The normalized spacial score (nSPS) is 17.1. The van der Waals surface area contributed by atoms with Crippen LogP contribution in [-0.4, -0.2) is 123 Å². The van der Waals surface area contributed by atoms with Crippen LogP contribution in [0.2, 0.25) is 0 Å². The molecule has 14 heteroatoms. The first-order chi connectivity index (χ1) is 25.5. The van der Waals surface area contributed by atoms with E-state index in [1.807, 2.05) is 18.7 Å². The van der Waals surface area contributed by atoms with Crippen LogP contribution in [0, 0.1) is 23.6 Å². The van der Waals surface area contributed by atoms with Crippen LogP contribution in [0.5, 0.6) is 0 Å². The molecule has 310 valence electrons. The molecular weight excluding hydrogens is 697 g/mol. The molecule has 13 nitrogen and oxygen atoms in total. The van der Waals surface area contributed by atoms with Crippen molar-refractivity contribution in [2.75, 3.05) is 41.4 Å². The van der Waals surface area contributed by atoms with Gasteiger partial charge in [0.15, 0.2) is 0 Å². The maximum atomic E-state index is 13.5. The van der Waals surface area contributed by atoms with Crippen LogP contribution in [0.3, 0.4) is 0 Å². The van der Waals surface area contributed by atoms with Crippen molar-refractivity contribution in [1.29, 1.82) is 0 Å². The van der Waals surface area contributed by atoms with Crippen molar-refractivity contribution in [3.05, 3.63) is 35.6 Å². The number of ether oxygens (including phenoxy) is 2. The zero-order valence-electron chi connectivity index (χ0n) is 34.8. The number of carbonyl (C=O) groups is 5. The second kappa shape index (κ2) is 27.0. The van der Waals surface area contributed by atoms with Gasteiger partial charge in [-0.05, 0) is 55.3 Å². The number of nitrogens with one attached hydrogen (secondary N) is 3. The number of hydrogen-bond acceptors (Lipinski definition) is 8. The number of carboxylic acids is 1. The van der Waals surface area contributed by atoms with E-state index in [2.05, 4.69) is 57.5 Å². The fraction of sp³-hybridized carbons (Fsp3) is 0.725. The van der Waals surface area contributed by atoms with Gasteiger partial charge in [0, 0.05) is 34.2 Å². The number of hydrogen-bond donors (Lipinski definition) is 4. The molecule has 1 aromatic carbocycles. The average molecular weight is 768 g/mol. The van der Waals surface area contributed by atoms with Gasteiger partial charge >= 0.3 is 5.97 Å². The summed E-state index contributed by atoms with van der Waals surface area (Å²) in [6, 6.07) is 3.86. The first kappa shape index (κ1) is 50.4. The minimum absolute atomic E-state index is 0.0112. The van der Waals surface area contributed by atoms with Gasteiger partial charge in [-0.1, -0.05) is 80.4 Å². The van der Waals surface area contributed by atoms with E-state index >= 15 is 0 Å². The molecule has 0 saturated carbocycles. The lowest BCUT2D eigenvalue weighted by Crippen LogP contribution is -2.54. The number of carboxylic acid groups (broad SMARTS) is 1. The summed E-state index contributed by atoms with van der Waals surface area (Å²) in [5.41, 5.74) is 0.651. The van der Waals surface area contributed by atoms with Gasteiger partial charge in [0.2, 0.25) is 24.1 Å². The fourth-order valence-corrected chi connectivity index (χ4v) is 6.68. The highest BCUT2D eigenvalue weighted by Crippen LogP contribution is 2.29. The predicted octanol–water partition coefficient (Wildman–Crippen LogP) is 4.27. The van der Waals surface area contributed by atoms with E-state index in [1.165, 1.54) is 30.7 Å². The summed E-state index contributed by atoms with van der Waals surface area (Å²) in [4.78, 5) is 63.5. The average Bonchev–Trinajstić information content (AvgIpc) is 3.61. The Labute approximate surface area is 323 Å². The Balaban J connectivity index is 0.00000128. The third kappa shape index (κ3) is 16.8. The quantitative estimate of drug-likeness (QED) is 0.142. The van der Waals surface area contributed by atoms with Gasteiger partial charge in [-0.25, -0.2) is 9.18 Å². The van der Waals surface area contributed by atoms with E-state index in [9.17, 15) is 28.4 Å². The molecule has 1 fully saturated rings. The lowest BCUT2D eigenvalue weighted by atomic mass is 9.90. The highest BCUT2D eigenvalue weighted by atomic mass is 19.1. The van der Waals surface area contributed by atoms with Crippen LogP contribution in [-0.2, 0) is 39.9 Å². The molecule has 0 radical (unpaired) electrons. The SMILES string of the molecule is CCC.CCC(C)C(C(CC(=O)N1CCCC1C(OC)C(C)C)OC)N(C)C(=O)CNC(=O)C(NC)C(C)C.O=CNC(Cc1ccc(F)cc1)C(=O)O. The molecule has 4 amide bonds. The number of carbonyl (C=O) groups excluding carboxylic acids is 4.